The monoisotopic (exact) mass is 1110 g/mol. The predicted molar refractivity (Wildman–Crippen MR) is 347 cm³/mol. The highest BCUT2D eigenvalue weighted by molar-refractivity contribution is 5.76. The average Bonchev–Trinajstić information content (AvgIpc) is 3.45. The number of aliphatic hydroxyl groups is 2. The van der Waals surface area contributed by atoms with E-state index in [1.165, 1.54) is 327 Å². The van der Waals surface area contributed by atoms with Gasteiger partial charge in [0.15, 0.2) is 0 Å². The van der Waals surface area contributed by atoms with Crippen molar-refractivity contribution < 1.29 is 24.5 Å². The van der Waals surface area contributed by atoms with Crippen molar-refractivity contribution in [1.82, 2.24) is 5.32 Å². The molecule has 0 saturated heterocycles. The summed E-state index contributed by atoms with van der Waals surface area (Å²) < 4.78 is 5.48. The van der Waals surface area contributed by atoms with Gasteiger partial charge in [-0.15, -0.1) is 0 Å². The van der Waals surface area contributed by atoms with Crippen LogP contribution in [-0.4, -0.2) is 47.4 Å². The molecule has 0 fully saturated rings. The Kier molecular flexibility index (Phi) is 67.4. The van der Waals surface area contributed by atoms with Gasteiger partial charge in [0.05, 0.1) is 25.4 Å². The first-order valence-electron chi connectivity index (χ1n) is 36.1. The molecule has 468 valence electrons. The molecule has 0 bridgehead atoms. The van der Waals surface area contributed by atoms with Crippen LogP contribution < -0.4 is 5.32 Å². The van der Waals surface area contributed by atoms with Crippen LogP contribution in [0.25, 0.3) is 0 Å². The van der Waals surface area contributed by atoms with Gasteiger partial charge in [-0.2, -0.15) is 0 Å². The predicted octanol–water partition coefficient (Wildman–Crippen LogP) is 23.3. The molecule has 2 atom stereocenters. The molecule has 1 amide bonds. The van der Waals surface area contributed by atoms with Gasteiger partial charge in [-0.05, 0) is 77.0 Å². The van der Waals surface area contributed by atoms with Gasteiger partial charge in [0.2, 0.25) is 5.91 Å². The van der Waals surface area contributed by atoms with Gasteiger partial charge in [0.25, 0.3) is 0 Å². The standard InChI is InChI=1S/C73H141NO5/c1-3-5-7-9-11-13-15-42-45-49-53-57-61-65-71(76)70(69-75)74-72(77)66-62-58-54-50-46-43-40-38-36-34-32-30-28-26-24-22-20-18-17-19-21-23-25-27-29-31-33-35-37-39-41-44-48-52-56-60-64-68-79-73(78)67-63-59-55-51-47-16-14-12-10-8-6-4-2/h12,14,17,19,70-71,75-76H,3-11,13,15-16,18,20-69H2,1-2H3,(H,74,77)/b14-12-,19-17-. The topological polar surface area (TPSA) is 95.9 Å². The number of amides is 1. The highest BCUT2D eigenvalue weighted by Gasteiger charge is 2.20. The van der Waals surface area contributed by atoms with E-state index in [2.05, 4.69) is 43.5 Å². The Labute approximate surface area is 494 Å². The third-order valence-corrected chi connectivity index (χ3v) is 17.0. The van der Waals surface area contributed by atoms with Crippen molar-refractivity contribution in [1.29, 1.82) is 0 Å². The van der Waals surface area contributed by atoms with Crippen LogP contribution in [0.3, 0.4) is 0 Å². The van der Waals surface area contributed by atoms with Gasteiger partial charge < -0.3 is 20.3 Å². The molecule has 0 spiro atoms. The van der Waals surface area contributed by atoms with Gasteiger partial charge in [-0.1, -0.05) is 340 Å². The zero-order valence-corrected chi connectivity index (χ0v) is 53.6. The molecule has 6 heteroatoms. The first kappa shape index (κ1) is 77.3. The number of carbonyl (C=O) groups is 2. The largest absolute Gasteiger partial charge is 0.466 e. The third-order valence-electron chi connectivity index (χ3n) is 17.0. The first-order valence-corrected chi connectivity index (χ1v) is 36.1. The summed E-state index contributed by atoms with van der Waals surface area (Å²) in [5.74, 6) is -0.0170. The molecule has 0 radical (unpaired) electrons. The quantitative estimate of drug-likeness (QED) is 0.0320. The lowest BCUT2D eigenvalue weighted by Crippen LogP contribution is -2.45. The summed E-state index contributed by atoms with van der Waals surface area (Å²) in [6.45, 7) is 4.96. The molecule has 2 unspecified atom stereocenters. The Balaban J connectivity index is 3.31. The van der Waals surface area contributed by atoms with Gasteiger partial charge >= 0.3 is 5.97 Å². The van der Waals surface area contributed by atoms with Crippen molar-refractivity contribution in [2.24, 2.45) is 0 Å². The van der Waals surface area contributed by atoms with E-state index >= 15 is 0 Å². The summed E-state index contributed by atoms with van der Waals surface area (Å²) in [7, 11) is 0. The maximum Gasteiger partial charge on any atom is 0.305 e. The van der Waals surface area contributed by atoms with E-state index in [4.69, 9.17) is 4.74 Å². The molecular weight excluding hydrogens is 971 g/mol. The van der Waals surface area contributed by atoms with Crippen molar-refractivity contribution in [3.05, 3.63) is 24.3 Å². The molecule has 79 heavy (non-hydrogen) atoms. The molecular formula is C73H141NO5. The second kappa shape index (κ2) is 68.8. The zero-order chi connectivity index (χ0) is 57.1. The van der Waals surface area contributed by atoms with Gasteiger partial charge in [-0.25, -0.2) is 0 Å². The van der Waals surface area contributed by atoms with Crippen LogP contribution in [0.1, 0.15) is 406 Å². The van der Waals surface area contributed by atoms with Crippen molar-refractivity contribution >= 4 is 11.9 Å². The van der Waals surface area contributed by atoms with Crippen molar-refractivity contribution in [3.8, 4) is 0 Å². The van der Waals surface area contributed by atoms with Crippen LogP contribution in [-0.2, 0) is 14.3 Å². The zero-order valence-electron chi connectivity index (χ0n) is 53.6. The SMILES string of the molecule is CCCCC/C=C\CCCCCCCC(=O)OCCCCCCCCCCCCCCCCCC/C=C\CCCCCCCCCCCCCCCCCCCC(=O)NC(CO)C(O)CCCCCCCCCCCCCCC. The number of hydrogen-bond donors (Lipinski definition) is 3. The smallest absolute Gasteiger partial charge is 0.305 e. The minimum absolute atomic E-state index is 0.0117. The maximum absolute atomic E-state index is 12.5. The summed E-state index contributed by atoms with van der Waals surface area (Å²) >= 11 is 0. The third kappa shape index (κ3) is 65.4. The molecule has 0 aromatic heterocycles. The molecule has 0 aromatic carbocycles. The Morgan fingerprint density at radius 1 is 0.342 bits per heavy atom. The van der Waals surface area contributed by atoms with Crippen molar-refractivity contribution in [2.75, 3.05) is 13.2 Å². The lowest BCUT2D eigenvalue weighted by atomic mass is 10.0. The number of nitrogens with one attached hydrogen (secondary N) is 1. The summed E-state index contributed by atoms with van der Waals surface area (Å²) in [6.07, 6.45) is 86.8. The van der Waals surface area contributed by atoms with Gasteiger partial charge in [0, 0.05) is 12.8 Å². The number of rotatable bonds is 68. The first-order chi connectivity index (χ1) is 39.0. The van der Waals surface area contributed by atoms with E-state index in [-0.39, 0.29) is 18.5 Å². The number of unbranched alkanes of at least 4 members (excludes halogenated alkanes) is 53. The molecule has 0 aromatic rings. The number of carbonyl (C=O) groups excluding carboxylic acids is 2. The molecule has 0 aliphatic heterocycles. The van der Waals surface area contributed by atoms with E-state index in [9.17, 15) is 19.8 Å². The van der Waals surface area contributed by atoms with E-state index in [0.29, 0.717) is 25.9 Å². The number of esters is 1. The minimum atomic E-state index is -0.660. The highest BCUT2D eigenvalue weighted by atomic mass is 16.5. The normalized spacial score (nSPS) is 12.6. The number of allylic oxidation sites excluding steroid dienone is 4. The Morgan fingerprint density at radius 3 is 0.924 bits per heavy atom. The highest BCUT2D eigenvalue weighted by Crippen LogP contribution is 2.19. The molecule has 0 rings (SSSR count). The lowest BCUT2D eigenvalue weighted by Gasteiger charge is -2.22. The van der Waals surface area contributed by atoms with Crippen LogP contribution in [0, 0.1) is 0 Å². The molecule has 0 aliphatic rings. The second-order valence-electron chi connectivity index (χ2n) is 24.9. The van der Waals surface area contributed by atoms with E-state index in [0.717, 1.165) is 44.9 Å². The number of aliphatic hydroxyl groups excluding tert-OH is 2. The van der Waals surface area contributed by atoms with Crippen LogP contribution >= 0.6 is 0 Å². The average molecular weight is 1110 g/mol. The van der Waals surface area contributed by atoms with E-state index in [1.54, 1.807) is 0 Å². The lowest BCUT2D eigenvalue weighted by molar-refractivity contribution is -0.143. The minimum Gasteiger partial charge on any atom is -0.466 e. The fraction of sp³-hybridized carbons (Fsp3) is 0.918. The van der Waals surface area contributed by atoms with Crippen LogP contribution in [0.5, 0.6) is 0 Å². The molecule has 6 nitrogen and oxygen atoms in total. The summed E-state index contributed by atoms with van der Waals surface area (Å²) in [5.41, 5.74) is 0. The molecule has 0 aliphatic carbocycles. The van der Waals surface area contributed by atoms with E-state index < -0.39 is 12.1 Å². The van der Waals surface area contributed by atoms with Gasteiger partial charge in [0.1, 0.15) is 0 Å². The van der Waals surface area contributed by atoms with Crippen LogP contribution in [0.2, 0.25) is 0 Å². The number of hydrogen-bond acceptors (Lipinski definition) is 5. The van der Waals surface area contributed by atoms with Gasteiger partial charge in [-0.3, -0.25) is 9.59 Å². The number of ether oxygens (including phenoxy) is 1. The molecule has 3 N–H and O–H groups in total. The van der Waals surface area contributed by atoms with Crippen molar-refractivity contribution in [2.45, 2.75) is 418 Å². The Morgan fingerprint density at radius 2 is 0.595 bits per heavy atom. The maximum atomic E-state index is 12.5. The Hall–Kier alpha value is -1.66. The van der Waals surface area contributed by atoms with Crippen LogP contribution in [0.15, 0.2) is 24.3 Å². The summed E-state index contributed by atoms with van der Waals surface area (Å²) in [4.78, 5) is 24.5. The fourth-order valence-corrected chi connectivity index (χ4v) is 11.5. The summed E-state index contributed by atoms with van der Waals surface area (Å²) in [6, 6.07) is -0.537. The van der Waals surface area contributed by atoms with Crippen molar-refractivity contribution in [3.63, 3.8) is 0 Å². The Bertz CT molecular complexity index is 1230. The molecule has 0 saturated carbocycles. The second-order valence-corrected chi connectivity index (χ2v) is 24.9. The fourth-order valence-electron chi connectivity index (χ4n) is 11.5. The van der Waals surface area contributed by atoms with E-state index in [1.807, 2.05) is 0 Å². The van der Waals surface area contributed by atoms with Crippen LogP contribution in [0.4, 0.5) is 0 Å². The molecule has 0 heterocycles. The summed E-state index contributed by atoms with van der Waals surface area (Å²) in [5, 5.41) is 23.3.